The molecule has 2 heterocycles. The fourth-order valence-electron chi connectivity index (χ4n) is 2.65. The van der Waals surface area contributed by atoms with Crippen molar-refractivity contribution in [3.63, 3.8) is 0 Å². The molecule has 2 saturated heterocycles. The van der Waals surface area contributed by atoms with Crippen molar-refractivity contribution in [2.24, 2.45) is 0 Å². The molecule has 1 aromatic rings. The molecule has 1 aromatic carbocycles. The molecule has 2 heteroatoms. The molecule has 0 spiro atoms. The predicted molar refractivity (Wildman–Crippen MR) is 54.2 cm³/mol. The number of nitrogens with one attached hydrogen (secondary N) is 1. The molecule has 2 aliphatic heterocycles. The standard InChI is InChI=1S/C11H12ClN/c12-9-3-1-8(2-4-9)11-5-10(6-11)13-7-11/h1-4,10,13H,5-7H2. The van der Waals surface area contributed by atoms with E-state index in [0.717, 1.165) is 17.6 Å². The van der Waals surface area contributed by atoms with Gasteiger partial charge in [-0.2, -0.15) is 0 Å². The Balaban J connectivity index is 1.96. The maximum atomic E-state index is 5.86. The maximum Gasteiger partial charge on any atom is 0.0406 e. The molecule has 0 atom stereocenters. The number of fused-ring (bicyclic) bond motifs is 1. The molecule has 3 aliphatic rings. The smallest absolute Gasteiger partial charge is 0.0406 e. The van der Waals surface area contributed by atoms with Gasteiger partial charge in [0.25, 0.3) is 0 Å². The van der Waals surface area contributed by atoms with Crippen molar-refractivity contribution >= 4 is 11.6 Å². The lowest BCUT2D eigenvalue weighted by atomic mass is 9.66. The molecule has 0 unspecified atom stereocenters. The highest BCUT2D eigenvalue weighted by molar-refractivity contribution is 6.30. The van der Waals surface area contributed by atoms with Crippen LogP contribution in [0, 0.1) is 0 Å². The van der Waals surface area contributed by atoms with Crippen molar-refractivity contribution in [1.29, 1.82) is 0 Å². The lowest BCUT2D eigenvalue weighted by molar-refractivity contribution is 0.304. The van der Waals surface area contributed by atoms with Crippen LogP contribution in [0.5, 0.6) is 0 Å². The molecule has 4 rings (SSSR count). The van der Waals surface area contributed by atoms with Crippen LogP contribution < -0.4 is 5.32 Å². The van der Waals surface area contributed by atoms with E-state index in [1.165, 1.54) is 18.4 Å². The van der Waals surface area contributed by atoms with Crippen LogP contribution in [0.25, 0.3) is 0 Å². The molecular weight excluding hydrogens is 182 g/mol. The predicted octanol–water partition coefficient (Wildman–Crippen LogP) is 2.34. The third-order valence-corrected chi connectivity index (χ3v) is 3.71. The van der Waals surface area contributed by atoms with Gasteiger partial charge in [-0.1, -0.05) is 23.7 Å². The normalized spacial score (nSPS) is 35.9. The fourth-order valence-corrected chi connectivity index (χ4v) is 2.78. The Labute approximate surface area is 83.1 Å². The summed E-state index contributed by atoms with van der Waals surface area (Å²) in [5.74, 6) is 0. The molecule has 1 N–H and O–H groups in total. The summed E-state index contributed by atoms with van der Waals surface area (Å²) in [6, 6.07) is 9.13. The van der Waals surface area contributed by atoms with Crippen LogP contribution in [0.2, 0.25) is 5.02 Å². The highest BCUT2D eigenvalue weighted by atomic mass is 35.5. The second-order valence-corrected chi connectivity index (χ2v) is 4.71. The molecular formula is C11H12ClN. The topological polar surface area (TPSA) is 12.0 Å². The molecule has 0 radical (unpaired) electrons. The van der Waals surface area contributed by atoms with Gasteiger partial charge in [0.05, 0.1) is 0 Å². The Morgan fingerprint density at radius 1 is 1.23 bits per heavy atom. The minimum atomic E-state index is 0.454. The lowest BCUT2D eigenvalue weighted by Crippen LogP contribution is -2.37. The number of halogens is 1. The van der Waals surface area contributed by atoms with Crippen molar-refractivity contribution in [2.45, 2.75) is 24.3 Å². The van der Waals surface area contributed by atoms with Crippen LogP contribution >= 0.6 is 11.6 Å². The van der Waals surface area contributed by atoms with Crippen molar-refractivity contribution in [1.82, 2.24) is 5.32 Å². The molecule has 1 nitrogen and oxygen atoms in total. The van der Waals surface area contributed by atoms with Gasteiger partial charge in [0.1, 0.15) is 0 Å². The lowest BCUT2D eigenvalue weighted by Gasteiger charge is -2.37. The average Bonchev–Trinajstić information content (AvgIpc) is 2.63. The zero-order valence-electron chi connectivity index (χ0n) is 7.39. The minimum absolute atomic E-state index is 0.454. The first-order valence-electron chi connectivity index (χ1n) is 4.78. The Morgan fingerprint density at radius 3 is 2.46 bits per heavy atom. The Bertz CT molecular complexity index is 319. The first-order chi connectivity index (χ1) is 6.28. The second-order valence-electron chi connectivity index (χ2n) is 4.27. The van der Waals surface area contributed by atoms with E-state index in [0.29, 0.717) is 5.41 Å². The molecule has 1 saturated carbocycles. The highest BCUT2D eigenvalue weighted by Gasteiger charge is 2.50. The Hall–Kier alpha value is -0.530. The van der Waals surface area contributed by atoms with E-state index < -0.39 is 0 Å². The van der Waals surface area contributed by atoms with Gasteiger partial charge in [-0.3, -0.25) is 0 Å². The van der Waals surface area contributed by atoms with Gasteiger partial charge in [0.15, 0.2) is 0 Å². The van der Waals surface area contributed by atoms with E-state index >= 15 is 0 Å². The van der Waals surface area contributed by atoms with Crippen LogP contribution in [-0.4, -0.2) is 12.6 Å². The van der Waals surface area contributed by atoms with E-state index in [9.17, 15) is 0 Å². The third kappa shape index (κ3) is 1.04. The number of benzene rings is 1. The summed E-state index contributed by atoms with van der Waals surface area (Å²) in [6.07, 6.45) is 2.63. The maximum absolute atomic E-state index is 5.86. The van der Waals surface area contributed by atoms with Crippen LogP contribution in [0.4, 0.5) is 0 Å². The van der Waals surface area contributed by atoms with E-state index in [-0.39, 0.29) is 0 Å². The summed E-state index contributed by atoms with van der Waals surface area (Å²) in [7, 11) is 0. The summed E-state index contributed by atoms with van der Waals surface area (Å²) in [5.41, 5.74) is 1.91. The van der Waals surface area contributed by atoms with Crippen molar-refractivity contribution in [2.75, 3.05) is 6.54 Å². The minimum Gasteiger partial charge on any atom is -0.313 e. The largest absolute Gasteiger partial charge is 0.313 e. The zero-order valence-corrected chi connectivity index (χ0v) is 8.14. The molecule has 0 amide bonds. The molecule has 68 valence electrons. The van der Waals surface area contributed by atoms with Gasteiger partial charge in [0, 0.05) is 23.0 Å². The van der Waals surface area contributed by atoms with Gasteiger partial charge in [-0.25, -0.2) is 0 Å². The summed E-state index contributed by atoms with van der Waals surface area (Å²) in [4.78, 5) is 0. The molecule has 1 aliphatic carbocycles. The van der Waals surface area contributed by atoms with Crippen LogP contribution in [0.15, 0.2) is 24.3 Å². The first-order valence-corrected chi connectivity index (χ1v) is 5.16. The third-order valence-electron chi connectivity index (χ3n) is 3.46. The van der Waals surface area contributed by atoms with Crippen molar-refractivity contribution in [3.05, 3.63) is 34.9 Å². The molecule has 0 aromatic heterocycles. The van der Waals surface area contributed by atoms with Gasteiger partial charge in [0.2, 0.25) is 0 Å². The molecule has 3 fully saturated rings. The molecule has 13 heavy (non-hydrogen) atoms. The SMILES string of the molecule is Clc1ccc(C23CNC(C2)C3)cc1. The summed E-state index contributed by atoms with van der Waals surface area (Å²) in [6.45, 7) is 1.15. The summed E-state index contributed by atoms with van der Waals surface area (Å²) >= 11 is 5.86. The first kappa shape index (κ1) is 7.84. The van der Waals surface area contributed by atoms with Crippen molar-refractivity contribution < 1.29 is 0 Å². The summed E-state index contributed by atoms with van der Waals surface area (Å²) in [5, 5.41) is 4.35. The monoisotopic (exact) mass is 193 g/mol. The number of hydrogen-bond donors (Lipinski definition) is 1. The Morgan fingerprint density at radius 2 is 1.92 bits per heavy atom. The molecule has 2 bridgehead atoms. The van der Waals surface area contributed by atoms with Gasteiger partial charge in [-0.15, -0.1) is 0 Å². The highest BCUT2D eigenvalue weighted by Crippen LogP contribution is 2.48. The number of hydrogen-bond acceptors (Lipinski definition) is 1. The van der Waals surface area contributed by atoms with E-state index in [1.54, 1.807) is 0 Å². The van der Waals surface area contributed by atoms with Gasteiger partial charge in [-0.05, 0) is 30.5 Å². The number of rotatable bonds is 1. The van der Waals surface area contributed by atoms with E-state index in [4.69, 9.17) is 11.6 Å². The van der Waals surface area contributed by atoms with Gasteiger partial charge < -0.3 is 5.32 Å². The Kier molecular flexibility index (Phi) is 1.50. The van der Waals surface area contributed by atoms with Crippen LogP contribution in [-0.2, 0) is 5.41 Å². The quantitative estimate of drug-likeness (QED) is 0.722. The fraction of sp³-hybridized carbons (Fsp3) is 0.455. The van der Waals surface area contributed by atoms with Crippen molar-refractivity contribution in [3.8, 4) is 0 Å². The second kappa shape index (κ2) is 2.49. The van der Waals surface area contributed by atoms with Crippen LogP contribution in [0.1, 0.15) is 18.4 Å². The van der Waals surface area contributed by atoms with Crippen LogP contribution in [0.3, 0.4) is 0 Å². The average molecular weight is 194 g/mol. The summed E-state index contributed by atoms with van der Waals surface area (Å²) < 4.78 is 0. The van der Waals surface area contributed by atoms with E-state index in [2.05, 4.69) is 17.4 Å². The van der Waals surface area contributed by atoms with Gasteiger partial charge >= 0.3 is 0 Å². The van der Waals surface area contributed by atoms with E-state index in [1.807, 2.05) is 12.1 Å². The zero-order chi connectivity index (χ0) is 8.89.